The van der Waals surface area contributed by atoms with Gasteiger partial charge in [0.2, 0.25) is 0 Å². The van der Waals surface area contributed by atoms with Gasteiger partial charge in [-0.15, -0.1) is 0 Å². The highest BCUT2D eigenvalue weighted by Crippen LogP contribution is 2.04. The van der Waals surface area contributed by atoms with Crippen LogP contribution in [0.3, 0.4) is 0 Å². The molecule has 0 radical (unpaired) electrons. The number of allylic oxidation sites excluding steroid dienone is 2. The quantitative estimate of drug-likeness (QED) is 0.698. The van der Waals surface area contributed by atoms with Gasteiger partial charge in [0, 0.05) is 0 Å². The Kier molecular flexibility index (Phi) is 4.00. The molecule has 1 aromatic rings. The third-order valence-electron chi connectivity index (χ3n) is 1.75. The van der Waals surface area contributed by atoms with Crippen LogP contribution in [0.5, 0.6) is 0 Å². The number of aliphatic hydroxyl groups excluding tert-OH is 1. The summed E-state index contributed by atoms with van der Waals surface area (Å²) >= 11 is 0. The van der Waals surface area contributed by atoms with E-state index < -0.39 is 0 Å². The first-order chi connectivity index (χ1) is 6.33. The molecular weight excluding hydrogens is 160 g/mol. The number of aliphatic hydroxyl groups is 1. The maximum atomic E-state index is 8.62. The Hall–Kier alpha value is -1.34. The first kappa shape index (κ1) is 9.75. The van der Waals surface area contributed by atoms with Crippen molar-refractivity contribution >= 4 is 6.08 Å². The van der Waals surface area contributed by atoms with E-state index in [2.05, 4.69) is 0 Å². The molecule has 0 heterocycles. The molecule has 0 unspecified atom stereocenters. The van der Waals surface area contributed by atoms with Crippen LogP contribution in [-0.2, 0) is 0 Å². The second-order valence-corrected chi connectivity index (χ2v) is 2.87. The Bertz CT molecular complexity index is 296. The predicted molar refractivity (Wildman–Crippen MR) is 56.3 cm³/mol. The van der Waals surface area contributed by atoms with Crippen LogP contribution in [0, 0.1) is 0 Å². The number of hydrogen-bond acceptors (Lipinski definition) is 1. The fourth-order valence-corrected chi connectivity index (χ4v) is 1.00. The molecule has 0 aliphatic rings. The molecule has 0 bridgehead atoms. The molecule has 0 saturated heterocycles. The molecule has 0 amide bonds. The zero-order valence-electron chi connectivity index (χ0n) is 7.77. The Morgan fingerprint density at radius 3 is 2.62 bits per heavy atom. The average molecular weight is 174 g/mol. The maximum Gasteiger partial charge on any atom is 0.0617 e. The first-order valence-electron chi connectivity index (χ1n) is 4.33. The van der Waals surface area contributed by atoms with Gasteiger partial charge in [-0.1, -0.05) is 54.1 Å². The Morgan fingerprint density at radius 1 is 1.31 bits per heavy atom. The fourth-order valence-electron chi connectivity index (χ4n) is 1.00. The number of hydrogen-bond donors (Lipinski definition) is 1. The molecule has 0 aliphatic heterocycles. The van der Waals surface area contributed by atoms with E-state index in [1.54, 1.807) is 6.08 Å². The molecule has 1 aromatic carbocycles. The molecule has 1 N–H and O–H groups in total. The van der Waals surface area contributed by atoms with E-state index in [0.29, 0.717) is 0 Å². The van der Waals surface area contributed by atoms with Crippen molar-refractivity contribution in [3.8, 4) is 0 Å². The van der Waals surface area contributed by atoms with Gasteiger partial charge in [-0.3, -0.25) is 0 Å². The number of benzene rings is 1. The van der Waals surface area contributed by atoms with Crippen LogP contribution in [0.1, 0.15) is 12.5 Å². The summed E-state index contributed by atoms with van der Waals surface area (Å²) in [4.78, 5) is 0. The fraction of sp³-hybridized carbons (Fsp3) is 0.167. The third-order valence-corrected chi connectivity index (χ3v) is 1.75. The Labute approximate surface area is 79.0 Å². The van der Waals surface area contributed by atoms with Crippen LogP contribution < -0.4 is 0 Å². The summed E-state index contributed by atoms with van der Waals surface area (Å²) in [5.74, 6) is 0. The van der Waals surface area contributed by atoms with E-state index in [9.17, 15) is 0 Å². The molecule has 0 atom stereocenters. The molecule has 1 heteroatoms. The van der Waals surface area contributed by atoms with Crippen molar-refractivity contribution < 1.29 is 5.11 Å². The monoisotopic (exact) mass is 174 g/mol. The Balaban J connectivity index is 2.64. The van der Waals surface area contributed by atoms with Crippen molar-refractivity contribution in [2.24, 2.45) is 0 Å². The maximum absolute atomic E-state index is 8.62. The molecule has 0 fully saturated rings. The molecule has 0 aromatic heterocycles. The van der Waals surface area contributed by atoms with Gasteiger partial charge >= 0.3 is 0 Å². The van der Waals surface area contributed by atoms with Crippen LogP contribution in [0.25, 0.3) is 6.08 Å². The van der Waals surface area contributed by atoms with Crippen molar-refractivity contribution in [2.45, 2.75) is 6.92 Å². The van der Waals surface area contributed by atoms with Crippen LogP contribution in [0.2, 0.25) is 0 Å². The Morgan fingerprint density at radius 2 is 2.00 bits per heavy atom. The number of rotatable bonds is 3. The molecule has 0 saturated carbocycles. The molecule has 13 heavy (non-hydrogen) atoms. The highest BCUT2D eigenvalue weighted by molar-refractivity contribution is 5.52. The summed E-state index contributed by atoms with van der Waals surface area (Å²) in [5, 5.41) is 8.62. The molecule has 1 rings (SSSR count). The lowest BCUT2D eigenvalue weighted by Gasteiger charge is -1.92. The standard InChI is InChI=1S/C12H14O/c1-11(9-10-13)7-8-12-5-3-2-4-6-12/h2-9,13H,10H2,1H3. The predicted octanol–water partition coefficient (Wildman–Crippen LogP) is 2.64. The van der Waals surface area contributed by atoms with Crippen molar-refractivity contribution in [1.29, 1.82) is 0 Å². The molecular formula is C12H14O. The van der Waals surface area contributed by atoms with Gasteiger partial charge in [0.1, 0.15) is 0 Å². The summed E-state index contributed by atoms with van der Waals surface area (Å²) in [6, 6.07) is 10.1. The van der Waals surface area contributed by atoms with Crippen molar-refractivity contribution in [3.05, 3.63) is 53.6 Å². The SMILES string of the molecule is CC(C=Cc1ccccc1)=CCO. The second-order valence-electron chi connectivity index (χ2n) is 2.87. The highest BCUT2D eigenvalue weighted by atomic mass is 16.2. The third kappa shape index (κ3) is 3.72. The highest BCUT2D eigenvalue weighted by Gasteiger charge is 1.83. The normalized spacial score (nSPS) is 12.3. The van der Waals surface area contributed by atoms with Gasteiger partial charge in [-0.05, 0) is 12.5 Å². The van der Waals surface area contributed by atoms with E-state index in [-0.39, 0.29) is 6.61 Å². The summed E-state index contributed by atoms with van der Waals surface area (Å²) in [6.07, 6.45) is 5.80. The average Bonchev–Trinajstić information content (AvgIpc) is 2.17. The van der Waals surface area contributed by atoms with E-state index in [1.165, 1.54) is 5.56 Å². The van der Waals surface area contributed by atoms with Crippen LogP contribution in [0.15, 0.2) is 48.1 Å². The molecule has 0 aliphatic carbocycles. The van der Waals surface area contributed by atoms with E-state index in [4.69, 9.17) is 5.11 Å². The van der Waals surface area contributed by atoms with E-state index >= 15 is 0 Å². The van der Waals surface area contributed by atoms with E-state index in [0.717, 1.165) is 5.57 Å². The van der Waals surface area contributed by atoms with Gasteiger partial charge in [-0.25, -0.2) is 0 Å². The lowest BCUT2D eigenvalue weighted by molar-refractivity contribution is 0.342. The summed E-state index contributed by atoms with van der Waals surface area (Å²) < 4.78 is 0. The van der Waals surface area contributed by atoms with Crippen LogP contribution >= 0.6 is 0 Å². The molecule has 68 valence electrons. The smallest absolute Gasteiger partial charge is 0.0617 e. The minimum Gasteiger partial charge on any atom is -0.392 e. The minimum absolute atomic E-state index is 0.102. The molecule has 1 nitrogen and oxygen atoms in total. The largest absolute Gasteiger partial charge is 0.392 e. The van der Waals surface area contributed by atoms with Gasteiger partial charge < -0.3 is 5.11 Å². The van der Waals surface area contributed by atoms with Gasteiger partial charge in [0.15, 0.2) is 0 Å². The molecule has 0 spiro atoms. The van der Waals surface area contributed by atoms with E-state index in [1.807, 2.05) is 49.4 Å². The zero-order valence-corrected chi connectivity index (χ0v) is 7.77. The topological polar surface area (TPSA) is 20.2 Å². The minimum atomic E-state index is 0.102. The lowest BCUT2D eigenvalue weighted by atomic mass is 10.2. The van der Waals surface area contributed by atoms with Gasteiger partial charge in [0.05, 0.1) is 6.61 Å². The van der Waals surface area contributed by atoms with Crippen molar-refractivity contribution in [2.75, 3.05) is 6.61 Å². The van der Waals surface area contributed by atoms with Gasteiger partial charge in [0.25, 0.3) is 0 Å². The van der Waals surface area contributed by atoms with Crippen molar-refractivity contribution in [3.63, 3.8) is 0 Å². The lowest BCUT2D eigenvalue weighted by Crippen LogP contribution is -1.75. The summed E-state index contributed by atoms with van der Waals surface area (Å²) in [7, 11) is 0. The van der Waals surface area contributed by atoms with Crippen LogP contribution in [0.4, 0.5) is 0 Å². The second kappa shape index (κ2) is 5.33. The first-order valence-corrected chi connectivity index (χ1v) is 4.33. The summed E-state index contributed by atoms with van der Waals surface area (Å²) in [5.41, 5.74) is 2.25. The van der Waals surface area contributed by atoms with Crippen molar-refractivity contribution in [1.82, 2.24) is 0 Å². The van der Waals surface area contributed by atoms with Crippen LogP contribution in [-0.4, -0.2) is 11.7 Å². The zero-order chi connectivity index (χ0) is 9.52. The van der Waals surface area contributed by atoms with Gasteiger partial charge in [-0.2, -0.15) is 0 Å². The summed E-state index contributed by atoms with van der Waals surface area (Å²) in [6.45, 7) is 2.07.